The van der Waals surface area contributed by atoms with Crippen LogP contribution in [0.15, 0.2) is 102 Å². The van der Waals surface area contributed by atoms with Crippen LogP contribution in [0.3, 0.4) is 0 Å². The van der Waals surface area contributed by atoms with E-state index in [0.29, 0.717) is 21.3 Å². The Morgan fingerprint density at radius 3 is 2.02 bits per heavy atom. The number of anilines is 1. The SMILES string of the molecule is Cc1ccc(N(CC(=O)N(Cc2ccc(Cl)c(Cl)c2)[C@@H](Cc2ccccc2)C(=O)NC(C)(C)C)S(=O)(=O)c2ccc(Cl)cc2)cc1. The number of carbonyl (C=O) groups excluding carboxylic acids is 2. The molecule has 4 aromatic carbocycles. The standard InChI is InChI=1S/C35H36Cl3N3O4S/c1-24-10-15-28(16-11-24)41(46(44,45)29-17-13-27(36)14-18-29)23-33(42)40(22-26-12-19-30(37)31(38)20-26)32(34(43)39-35(2,3)4)21-25-8-6-5-7-9-25/h5-20,32H,21-23H2,1-4H3,(H,39,43)/t32-/m0/s1. The van der Waals surface area contributed by atoms with E-state index in [4.69, 9.17) is 34.8 Å². The number of hydrogen-bond acceptors (Lipinski definition) is 4. The van der Waals surface area contributed by atoms with Crippen molar-refractivity contribution in [2.24, 2.45) is 0 Å². The minimum absolute atomic E-state index is 0.0342. The van der Waals surface area contributed by atoms with E-state index in [2.05, 4.69) is 5.32 Å². The van der Waals surface area contributed by atoms with Gasteiger partial charge in [0.2, 0.25) is 11.8 Å². The van der Waals surface area contributed by atoms with Crippen molar-refractivity contribution in [1.29, 1.82) is 0 Å². The predicted molar refractivity (Wildman–Crippen MR) is 186 cm³/mol. The zero-order valence-electron chi connectivity index (χ0n) is 26.0. The van der Waals surface area contributed by atoms with Crippen LogP contribution < -0.4 is 9.62 Å². The molecule has 2 amide bonds. The van der Waals surface area contributed by atoms with Gasteiger partial charge in [-0.2, -0.15) is 0 Å². The molecule has 4 rings (SSSR count). The van der Waals surface area contributed by atoms with Crippen LogP contribution in [0.5, 0.6) is 0 Å². The lowest BCUT2D eigenvalue weighted by molar-refractivity contribution is -0.140. The van der Waals surface area contributed by atoms with Gasteiger partial charge in [-0.15, -0.1) is 0 Å². The molecule has 4 aromatic rings. The molecule has 11 heteroatoms. The van der Waals surface area contributed by atoms with Crippen molar-refractivity contribution >= 4 is 62.3 Å². The summed E-state index contributed by atoms with van der Waals surface area (Å²) >= 11 is 18.6. The van der Waals surface area contributed by atoms with Gasteiger partial charge in [-0.25, -0.2) is 8.42 Å². The Kier molecular flexibility index (Phi) is 11.4. The van der Waals surface area contributed by atoms with Crippen LogP contribution >= 0.6 is 34.8 Å². The van der Waals surface area contributed by atoms with E-state index in [1.54, 1.807) is 42.5 Å². The zero-order valence-corrected chi connectivity index (χ0v) is 29.1. The second-order valence-electron chi connectivity index (χ2n) is 12.0. The van der Waals surface area contributed by atoms with Gasteiger partial charge in [-0.3, -0.25) is 13.9 Å². The van der Waals surface area contributed by atoms with Crippen molar-refractivity contribution in [3.8, 4) is 0 Å². The Hall–Kier alpha value is -3.56. The molecule has 1 atom stereocenters. The van der Waals surface area contributed by atoms with Crippen molar-refractivity contribution in [3.05, 3.63) is 129 Å². The summed E-state index contributed by atoms with van der Waals surface area (Å²) in [6.45, 7) is 6.83. The van der Waals surface area contributed by atoms with Gasteiger partial charge in [-0.1, -0.05) is 88.9 Å². The molecule has 0 bridgehead atoms. The van der Waals surface area contributed by atoms with E-state index in [0.717, 1.165) is 15.4 Å². The number of carbonyl (C=O) groups is 2. The van der Waals surface area contributed by atoms with E-state index >= 15 is 0 Å². The summed E-state index contributed by atoms with van der Waals surface area (Å²) in [6, 6.07) is 25.9. The average molecular weight is 701 g/mol. The number of hydrogen-bond donors (Lipinski definition) is 1. The third-order valence-electron chi connectivity index (χ3n) is 7.11. The van der Waals surface area contributed by atoms with Crippen LogP contribution in [0.25, 0.3) is 0 Å². The van der Waals surface area contributed by atoms with Crippen molar-refractivity contribution in [2.45, 2.75) is 57.1 Å². The summed E-state index contributed by atoms with van der Waals surface area (Å²) in [4.78, 5) is 29.9. The summed E-state index contributed by atoms with van der Waals surface area (Å²) in [5.74, 6) is -0.971. The van der Waals surface area contributed by atoms with Gasteiger partial charge in [0.05, 0.1) is 20.6 Å². The molecule has 0 aromatic heterocycles. The summed E-state index contributed by atoms with van der Waals surface area (Å²) < 4.78 is 29.3. The van der Waals surface area contributed by atoms with Crippen molar-refractivity contribution in [2.75, 3.05) is 10.8 Å². The minimum atomic E-state index is -4.24. The van der Waals surface area contributed by atoms with Crippen LogP contribution in [0, 0.1) is 6.92 Å². The smallest absolute Gasteiger partial charge is 0.264 e. The van der Waals surface area contributed by atoms with Crippen molar-refractivity contribution in [1.82, 2.24) is 10.2 Å². The van der Waals surface area contributed by atoms with E-state index in [1.165, 1.54) is 29.2 Å². The quantitative estimate of drug-likeness (QED) is 0.174. The fraction of sp³-hybridized carbons (Fsp3) is 0.257. The highest BCUT2D eigenvalue weighted by molar-refractivity contribution is 7.92. The summed E-state index contributed by atoms with van der Waals surface area (Å²) in [7, 11) is -4.24. The number of amides is 2. The van der Waals surface area contributed by atoms with Crippen LogP contribution in [0.1, 0.15) is 37.5 Å². The Morgan fingerprint density at radius 2 is 1.43 bits per heavy atom. The first-order valence-corrected chi connectivity index (χ1v) is 17.2. The molecule has 0 aliphatic rings. The highest BCUT2D eigenvalue weighted by Crippen LogP contribution is 2.28. The zero-order chi connectivity index (χ0) is 33.6. The average Bonchev–Trinajstić information content (AvgIpc) is 2.99. The lowest BCUT2D eigenvalue weighted by atomic mass is 10.0. The molecular weight excluding hydrogens is 665 g/mol. The molecule has 1 N–H and O–H groups in total. The summed E-state index contributed by atoms with van der Waals surface area (Å²) in [5, 5.41) is 4.01. The molecule has 0 heterocycles. The molecule has 0 spiro atoms. The maximum absolute atomic E-state index is 14.5. The van der Waals surface area contributed by atoms with E-state index in [9.17, 15) is 18.0 Å². The number of halogens is 3. The number of rotatable bonds is 11. The Bertz CT molecular complexity index is 1780. The Balaban J connectivity index is 1.83. The van der Waals surface area contributed by atoms with Gasteiger partial charge >= 0.3 is 0 Å². The number of aryl methyl sites for hydroxylation is 1. The van der Waals surface area contributed by atoms with Gasteiger partial charge in [0.1, 0.15) is 12.6 Å². The molecule has 7 nitrogen and oxygen atoms in total. The summed E-state index contributed by atoms with van der Waals surface area (Å²) in [6.07, 6.45) is 0.185. The Morgan fingerprint density at radius 1 is 0.804 bits per heavy atom. The molecule has 0 unspecified atom stereocenters. The van der Waals surface area contributed by atoms with Crippen molar-refractivity contribution < 1.29 is 18.0 Å². The topological polar surface area (TPSA) is 86.8 Å². The van der Waals surface area contributed by atoms with Crippen LogP contribution in [-0.4, -0.2) is 43.3 Å². The van der Waals surface area contributed by atoms with E-state index in [1.807, 2.05) is 58.0 Å². The summed E-state index contributed by atoms with van der Waals surface area (Å²) in [5.41, 5.74) is 2.06. The second kappa shape index (κ2) is 14.9. The van der Waals surface area contributed by atoms with Crippen LogP contribution in [0.4, 0.5) is 5.69 Å². The number of benzene rings is 4. The van der Waals surface area contributed by atoms with Gasteiger partial charge in [0.25, 0.3) is 10.0 Å². The van der Waals surface area contributed by atoms with Crippen molar-refractivity contribution in [3.63, 3.8) is 0 Å². The predicted octanol–water partition coefficient (Wildman–Crippen LogP) is 7.71. The molecule has 242 valence electrons. The first-order valence-electron chi connectivity index (χ1n) is 14.6. The van der Waals surface area contributed by atoms with Crippen LogP contribution in [0.2, 0.25) is 15.1 Å². The molecule has 0 aliphatic heterocycles. The number of nitrogens with one attached hydrogen (secondary N) is 1. The molecule has 0 radical (unpaired) electrons. The van der Waals surface area contributed by atoms with E-state index in [-0.39, 0.29) is 28.8 Å². The number of nitrogens with zero attached hydrogens (tertiary/aromatic N) is 2. The molecule has 0 saturated carbocycles. The third-order valence-corrected chi connectivity index (χ3v) is 9.89. The van der Waals surface area contributed by atoms with Gasteiger partial charge < -0.3 is 10.2 Å². The largest absolute Gasteiger partial charge is 0.350 e. The first kappa shape index (κ1) is 35.3. The fourth-order valence-electron chi connectivity index (χ4n) is 4.82. The lowest BCUT2D eigenvalue weighted by Crippen LogP contribution is -2.56. The first-order chi connectivity index (χ1) is 21.6. The molecule has 0 saturated heterocycles. The third kappa shape index (κ3) is 9.26. The highest BCUT2D eigenvalue weighted by Gasteiger charge is 2.35. The molecule has 0 aliphatic carbocycles. The van der Waals surface area contributed by atoms with Gasteiger partial charge in [0, 0.05) is 23.5 Å². The minimum Gasteiger partial charge on any atom is -0.350 e. The lowest BCUT2D eigenvalue weighted by Gasteiger charge is -2.35. The molecule has 0 fully saturated rings. The number of sulfonamides is 1. The Labute approximate surface area is 286 Å². The van der Waals surface area contributed by atoms with Crippen LogP contribution in [-0.2, 0) is 32.6 Å². The maximum atomic E-state index is 14.5. The fourth-order valence-corrected chi connectivity index (χ4v) is 6.68. The normalized spacial score (nSPS) is 12.3. The van der Waals surface area contributed by atoms with Gasteiger partial charge in [-0.05, 0) is 87.4 Å². The monoisotopic (exact) mass is 699 g/mol. The van der Waals surface area contributed by atoms with E-state index < -0.39 is 34.1 Å². The second-order valence-corrected chi connectivity index (χ2v) is 15.1. The van der Waals surface area contributed by atoms with Gasteiger partial charge in [0.15, 0.2) is 0 Å². The molecule has 46 heavy (non-hydrogen) atoms. The highest BCUT2D eigenvalue weighted by atomic mass is 35.5. The molecular formula is C35H36Cl3N3O4S. The maximum Gasteiger partial charge on any atom is 0.264 e.